The van der Waals surface area contributed by atoms with Gasteiger partial charge >= 0.3 is 0 Å². The summed E-state index contributed by atoms with van der Waals surface area (Å²) in [5.41, 5.74) is 6.89. The summed E-state index contributed by atoms with van der Waals surface area (Å²) >= 11 is 1.82. The van der Waals surface area contributed by atoms with Crippen molar-refractivity contribution in [2.24, 2.45) is 0 Å². The topological polar surface area (TPSA) is 15.8 Å². The van der Waals surface area contributed by atoms with Gasteiger partial charge in [-0.1, -0.05) is 86.5 Å². The second kappa shape index (κ2) is 8.86. The maximum absolute atomic E-state index is 4.12. The monoisotopic (exact) mass is 433 g/mol. The van der Waals surface area contributed by atoms with E-state index in [0.29, 0.717) is 0 Å². The van der Waals surface area contributed by atoms with Crippen molar-refractivity contribution in [2.45, 2.75) is 13.8 Å². The van der Waals surface area contributed by atoms with E-state index in [9.17, 15) is 0 Å². The lowest BCUT2D eigenvalue weighted by Gasteiger charge is -2.07. The first kappa shape index (κ1) is 21.6. The van der Waals surface area contributed by atoms with Crippen LogP contribution in [0.15, 0.2) is 74.9 Å². The largest absolute Gasteiger partial charge is 0.354 e. The van der Waals surface area contributed by atoms with E-state index < -0.39 is 0 Å². The highest BCUT2D eigenvalue weighted by Gasteiger charge is 2.20. The first-order valence-corrected chi connectivity index (χ1v) is 11.5. The molecular formula is C30H27NS. The quantitative estimate of drug-likeness (QED) is 0.271. The molecule has 0 atom stereocenters. The summed E-state index contributed by atoms with van der Waals surface area (Å²) in [7, 11) is 0. The van der Waals surface area contributed by atoms with Crippen molar-refractivity contribution >= 4 is 77.6 Å². The number of hydrogen-bond donors (Lipinski definition) is 1. The van der Waals surface area contributed by atoms with E-state index in [2.05, 4.69) is 79.8 Å². The molecule has 3 aromatic carbocycles. The van der Waals surface area contributed by atoms with Gasteiger partial charge in [0, 0.05) is 47.6 Å². The fraction of sp³-hybridized carbons (Fsp3) is 0.0667. The Labute approximate surface area is 193 Å². The minimum atomic E-state index is 1.11. The number of rotatable bonds is 4. The van der Waals surface area contributed by atoms with Crippen LogP contribution in [0.2, 0.25) is 0 Å². The predicted octanol–water partition coefficient (Wildman–Crippen LogP) is 9.84. The Morgan fingerprint density at radius 3 is 2.09 bits per heavy atom. The summed E-state index contributed by atoms with van der Waals surface area (Å²) < 4.78 is 2.52. The highest BCUT2D eigenvalue weighted by atomic mass is 32.1. The number of hydrogen-bond acceptors (Lipinski definition) is 1. The van der Waals surface area contributed by atoms with Crippen LogP contribution in [0.1, 0.15) is 36.1 Å². The van der Waals surface area contributed by atoms with Crippen LogP contribution in [0.25, 0.3) is 66.3 Å². The van der Waals surface area contributed by atoms with Crippen molar-refractivity contribution in [2.75, 3.05) is 0 Å². The zero-order chi connectivity index (χ0) is 22.8. The summed E-state index contributed by atoms with van der Waals surface area (Å²) in [6, 6.07) is 12.9. The number of para-hydroxylation sites is 1. The normalized spacial score (nSPS) is 11.2. The molecule has 1 nitrogen and oxygen atoms in total. The minimum absolute atomic E-state index is 1.11. The molecule has 0 aliphatic heterocycles. The van der Waals surface area contributed by atoms with Crippen LogP contribution in [-0.4, -0.2) is 4.98 Å². The molecule has 5 rings (SSSR count). The molecule has 0 amide bonds. The van der Waals surface area contributed by atoms with E-state index >= 15 is 0 Å². The number of nitrogens with one attached hydrogen (secondary N) is 1. The second-order valence-electron chi connectivity index (χ2n) is 7.52. The molecule has 0 bridgehead atoms. The summed E-state index contributed by atoms with van der Waals surface area (Å²) in [5.74, 6) is 0. The SMILES string of the molecule is C=CC.C=Cc1c(C=C)c2sc3c(C=C)c(/C=C\C)ccc3c2c2c1[nH]c1ccccc12. The van der Waals surface area contributed by atoms with Crippen LogP contribution in [0.4, 0.5) is 0 Å². The predicted molar refractivity (Wildman–Crippen MR) is 150 cm³/mol. The number of benzene rings is 3. The first-order valence-electron chi connectivity index (χ1n) is 10.7. The average molecular weight is 434 g/mol. The van der Waals surface area contributed by atoms with Gasteiger partial charge in [-0.2, -0.15) is 0 Å². The van der Waals surface area contributed by atoms with Crippen LogP contribution in [-0.2, 0) is 0 Å². The molecule has 0 saturated carbocycles. The summed E-state index contributed by atoms with van der Waals surface area (Å²) in [6.45, 7) is 19.6. The highest BCUT2D eigenvalue weighted by molar-refractivity contribution is 7.26. The van der Waals surface area contributed by atoms with Gasteiger partial charge in [0.25, 0.3) is 0 Å². The number of fused-ring (bicyclic) bond motifs is 7. The van der Waals surface area contributed by atoms with E-state index in [0.717, 1.165) is 22.2 Å². The van der Waals surface area contributed by atoms with Gasteiger partial charge in [0.2, 0.25) is 0 Å². The van der Waals surface area contributed by atoms with Crippen molar-refractivity contribution in [3.05, 3.63) is 97.1 Å². The molecule has 1 N–H and O–H groups in total. The molecule has 5 aromatic rings. The fourth-order valence-corrected chi connectivity index (χ4v) is 5.86. The molecule has 0 saturated heterocycles. The van der Waals surface area contributed by atoms with Crippen LogP contribution < -0.4 is 0 Å². The highest BCUT2D eigenvalue weighted by Crippen LogP contribution is 2.47. The van der Waals surface area contributed by atoms with Crippen LogP contribution in [0, 0.1) is 0 Å². The lowest BCUT2D eigenvalue weighted by Crippen LogP contribution is -1.85. The molecule has 0 spiro atoms. The first-order chi connectivity index (χ1) is 15.6. The molecule has 0 aliphatic rings. The maximum atomic E-state index is 4.12. The molecule has 2 heterocycles. The Balaban J connectivity index is 0.000000775. The van der Waals surface area contributed by atoms with Gasteiger partial charge in [-0.3, -0.25) is 0 Å². The maximum Gasteiger partial charge on any atom is 0.0551 e. The van der Waals surface area contributed by atoms with Gasteiger partial charge in [0.15, 0.2) is 0 Å². The lowest BCUT2D eigenvalue weighted by molar-refractivity contribution is 1.54. The zero-order valence-electron chi connectivity index (χ0n) is 18.7. The Kier molecular flexibility index (Phi) is 5.98. The second-order valence-corrected chi connectivity index (χ2v) is 8.54. The molecule has 0 fully saturated rings. The molecule has 0 radical (unpaired) electrons. The smallest absolute Gasteiger partial charge is 0.0551 e. The Hall–Kier alpha value is -3.62. The van der Waals surface area contributed by atoms with Crippen molar-refractivity contribution < 1.29 is 0 Å². The van der Waals surface area contributed by atoms with Gasteiger partial charge in [0.05, 0.1) is 5.52 Å². The summed E-state index contributed by atoms with van der Waals surface area (Å²) in [5, 5.41) is 5.05. The van der Waals surface area contributed by atoms with Crippen LogP contribution in [0.5, 0.6) is 0 Å². The van der Waals surface area contributed by atoms with Gasteiger partial charge in [0.1, 0.15) is 0 Å². The number of aromatic amines is 1. The van der Waals surface area contributed by atoms with Gasteiger partial charge in [-0.25, -0.2) is 0 Å². The van der Waals surface area contributed by atoms with Gasteiger partial charge < -0.3 is 4.98 Å². The molecular weight excluding hydrogens is 406 g/mol. The van der Waals surface area contributed by atoms with Gasteiger partial charge in [-0.15, -0.1) is 17.9 Å². The Morgan fingerprint density at radius 1 is 0.750 bits per heavy atom. The number of thiophene rings is 1. The molecule has 2 aromatic heterocycles. The molecule has 0 aliphatic carbocycles. The van der Waals surface area contributed by atoms with E-state index in [4.69, 9.17) is 0 Å². The summed E-state index contributed by atoms with van der Waals surface area (Å²) in [6.07, 6.45) is 11.8. The third-order valence-corrected chi connectivity index (χ3v) is 6.92. The Bertz CT molecular complexity index is 1550. The van der Waals surface area contributed by atoms with Crippen molar-refractivity contribution in [1.82, 2.24) is 4.98 Å². The minimum Gasteiger partial charge on any atom is -0.354 e. The van der Waals surface area contributed by atoms with Crippen molar-refractivity contribution in [1.29, 1.82) is 0 Å². The third kappa shape index (κ3) is 3.16. The van der Waals surface area contributed by atoms with Gasteiger partial charge in [-0.05, 0) is 31.0 Å². The fourth-order valence-electron chi connectivity index (χ4n) is 4.45. The van der Waals surface area contributed by atoms with E-state index in [-0.39, 0.29) is 0 Å². The average Bonchev–Trinajstić information content (AvgIpc) is 3.37. The Morgan fingerprint density at radius 2 is 1.44 bits per heavy atom. The standard InChI is InChI=1S/C27H21NS.C3H6/c1-5-11-16-14-15-21-24-23-20-12-9-10-13-22(20)28-25(23)18(7-3)19(8-4)27(24)29-26(21)17(16)6-2;1-3-2/h5-15,28H,2-4H2,1H3;3H,1H2,2H3/b11-5-;. The van der Waals surface area contributed by atoms with E-state index in [1.54, 1.807) is 6.08 Å². The molecule has 2 heteroatoms. The van der Waals surface area contributed by atoms with E-state index in [1.165, 1.54) is 42.1 Å². The number of allylic oxidation sites excluding steroid dienone is 2. The molecule has 0 unspecified atom stereocenters. The number of aromatic nitrogens is 1. The third-order valence-electron chi connectivity index (χ3n) is 5.65. The summed E-state index contributed by atoms with van der Waals surface area (Å²) in [4.78, 5) is 3.63. The van der Waals surface area contributed by atoms with Crippen molar-refractivity contribution in [3.8, 4) is 0 Å². The van der Waals surface area contributed by atoms with Crippen LogP contribution >= 0.6 is 11.3 Å². The van der Waals surface area contributed by atoms with E-state index in [1.807, 2.05) is 43.4 Å². The molecule has 32 heavy (non-hydrogen) atoms. The zero-order valence-corrected chi connectivity index (χ0v) is 19.5. The number of H-pyrrole nitrogens is 1. The van der Waals surface area contributed by atoms with Crippen LogP contribution in [0.3, 0.4) is 0 Å². The molecule has 158 valence electrons. The van der Waals surface area contributed by atoms with Crippen molar-refractivity contribution in [3.63, 3.8) is 0 Å². The lowest BCUT2D eigenvalue weighted by atomic mass is 9.96.